The van der Waals surface area contributed by atoms with E-state index in [1.54, 1.807) is 4.90 Å². The summed E-state index contributed by atoms with van der Waals surface area (Å²) in [6.45, 7) is 9.73. The number of hydrogen-bond donors (Lipinski definition) is 1. The van der Waals surface area contributed by atoms with Crippen molar-refractivity contribution in [2.45, 2.75) is 59.4 Å². The lowest BCUT2D eigenvalue weighted by Crippen LogP contribution is -2.50. The minimum Gasteiger partial charge on any atom is -0.494 e. The van der Waals surface area contributed by atoms with Crippen molar-refractivity contribution in [2.75, 3.05) is 19.7 Å². The predicted octanol–water partition coefficient (Wildman–Crippen LogP) is 4.78. The fraction of sp³-hybridized carbons (Fsp3) is 0.481. The first-order valence-corrected chi connectivity index (χ1v) is 11.7. The molecule has 1 N–H and O–H groups in total. The normalized spacial score (nSPS) is 11.8. The van der Waals surface area contributed by atoms with E-state index in [1.807, 2.05) is 56.3 Å². The summed E-state index contributed by atoms with van der Waals surface area (Å²) in [5, 5.41) is 3.00. The summed E-state index contributed by atoms with van der Waals surface area (Å²) < 4.78 is 5.77. The van der Waals surface area contributed by atoms with Crippen molar-refractivity contribution in [3.05, 3.63) is 65.7 Å². The maximum atomic E-state index is 13.2. The molecule has 0 spiro atoms. The van der Waals surface area contributed by atoms with Crippen LogP contribution < -0.4 is 10.1 Å². The summed E-state index contributed by atoms with van der Waals surface area (Å²) in [5.41, 5.74) is 2.34. The summed E-state index contributed by atoms with van der Waals surface area (Å²) >= 11 is 0. The molecule has 174 valence electrons. The van der Waals surface area contributed by atoms with Crippen LogP contribution in [0.15, 0.2) is 54.6 Å². The Balaban J connectivity index is 1.98. The highest BCUT2D eigenvalue weighted by Gasteiger charge is 2.27. The summed E-state index contributed by atoms with van der Waals surface area (Å²) in [7, 11) is 0. The first kappa shape index (κ1) is 25.4. The van der Waals surface area contributed by atoms with E-state index >= 15 is 0 Å². The lowest BCUT2D eigenvalue weighted by atomic mass is 10.1. The number of ether oxygens (including phenoxy) is 1. The van der Waals surface area contributed by atoms with Gasteiger partial charge >= 0.3 is 0 Å². The number of carbonyl (C=O) groups is 2. The molecule has 0 fully saturated rings. The molecule has 5 nitrogen and oxygen atoms in total. The van der Waals surface area contributed by atoms with E-state index in [4.69, 9.17) is 4.74 Å². The second kappa shape index (κ2) is 13.6. The van der Waals surface area contributed by atoms with E-state index in [9.17, 15) is 9.59 Å². The van der Waals surface area contributed by atoms with Gasteiger partial charge in [-0.1, -0.05) is 68.8 Å². The Kier molecular flexibility index (Phi) is 10.8. The van der Waals surface area contributed by atoms with Gasteiger partial charge < -0.3 is 15.0 Å². The first-order chi connectivity index (χ1) is 15.4. The van der Waals surface area contributed by atoms with Gasteiger partial charge in [-0.2, -0.15) is 0 Å². The molecule has 2 aromatic rings. The maximum Gasteiger partial charge on any atom is 0.242 e. The zero-order chi connectivity index (χ0) is 23.3. The third kappa shape index (κ3) is 8.74. The van der Waals surface area contributed by atoms with Gasteiger partial charge in [0.1, 0.15) is 11.8 Å². The molecule has 0 saturated heterocycles. The molecule has 2 rings (SSSR count). The largest absolute Gasteiger partial charge is 0.494 e. The molecule has 0 bridgehead atoms. The Morgan fingerprint density at radius 1 is 1.03 bits per heavy atom. The third-order valence-electron chi connectivity index (χ3n) is 5.38. The van der Waals surface area contributed by atoms with Crippen LogP contribution in [-0.4, -0.2) is 42.5 Å². The molecule has 1 atom stereocenters. The molecule has 0 heterocycles. The van der Waals surface area contributed by atoms with Gasteiger partial charge in [-0.25, -0.2) is 0 Å². The highest BCUT2D eigenvalue weighted by molar-refractivity contribution is 5.87. The smallest absolute Gasteiger partial charge is 0.242 e. The van der Waals surface area contributed by atoms with Gasteiger partial charge in [0.05, 0.1) is 6.61 Å². The molecular formula is C27H38N2O3. The fourth-order valence-electron chi connectivity index (χ4n) is 3.51. The van der Waals surface area contributed by atoms with Crippen molar-refractivity contribution in [2.24, 2.45) is 5.92 Å². The van der Waals surface area contributed by atoms with E-state index in [-0.39, 0.29) is 11.8 Å². The Morgan fingerprint density at radius 3 is 2.34 bits per heavy atom. The van der Waals surface area contributed by atoms with E-state index in [0.29, 0.717) is 44.9 Å². The van der Waals surface area contributed by atoms with Crippen LogP contribution in [0.2, 0.25) is 0 Å². The van der Waals surface area contributed by atoms with Gasteiger partial charge in [-0.3, -0.25) is 9.59 Å². The van der Waals surface area contributed by atoms with E-state index in [2.05, 4.69) is 31.3 Å². The van der Waals surface area contributed by atoms with Gasteiger partial charge in [-0.15, -0.1) is 0 Å². The maximum absolute atomic E-state index is 13.2. The Morgan fingerprint density at radius 2 is 1.72 bits per heavy atom. The van der Waals surface area contributed by atoms with Crippen molar-refractivity contribution >= 4 is 11.8 Å². The first-order valence-electron chi connectivity index (χ1n) is 11.7. The number of nitrogens with zero attached hydrogens (tertiary/aromatic N) is 1. The Hall–Kier alpha value is -2.82. The van der Waals surface area contributed by atoms with Crippen molar-refractivity contribution in [3.63, 3.8) is 0 Å². The number of aryl methyl sites for hydroxylation is 1. The lowest BCUT2D eigenvalue weighted by molar-refractivity contribution is -0.140. The number of carbonyl (C=O) groups excluding carboxylic acids is 2. The fourth-order valence-corrected chi connectivity index (χ4v) is 3.51. The molecule has 0 aliphatic heterocycles. The summed E-state index contributed by atoms with van der Waals surface area (Å²) in [6, 6.07) is 17.5. The Bertz CT molecular complexity index is 819. The molecule has 1 unspecified atom stereocenters. The van der Waals surface area contributed by atoms with Crippen LogP contribution in [0.3, 0.4) is 0 Å². The molecule has 0 aliphatic rings. The number of benzene rings is 2. The highest BCUT2D eigenvalue weighted by Crippen LogP contribution is 2.14. The molecule has 0 saturated carbocycles. The minimum atomic E-state index is -0.456. The predicted molar refractivity (Wildman–Crippen MR) is 130 cm³/mol. The topological polar surface area (TPSA) is 58.6 Å². The van der Waals surface area contributed by atoms with Gasteiger partial charge in [0.25, 0.3) is 0 Å². The number of hydrogen-bond acceptors (Lipinski definition) is 3. The second-order valence-corrected chi connectivity index (χ2v) is 8.65. The SMILES string of the molecule is CCC(C(=O)NCC(C)C)N(CCc1ccccc1)C(=O)CCCOc1ccc(C)cc1. The van der Waals surface area contributed by atoms with Crippen molar-refractivity contribution < 1.29 is 14.3 Å². The van der Waals surface area contributed by atoms with Gasteiger partial charge in [0, 0.05) is 19.5 Å². The zero-order valence-corrected chi connectivity index (χ0v) is 20.0. The van der Waals surface area contributed by atoms with Crippen LogP contribution in [-0.2, 0) is 16.0 Å². The van der Waals surface area contributed by atoms with E-state index < -0.39 is 6.04 Å². The number of nitrogens with one attached hydrogen (secondary N) is 1. The molecule has 2 aromatic carbocycles. The van der Waals surface area contributed by atoms with Crippen LogP contribution in [0.5, 0.6) is 5.75 Å². The van der Waals surface area contributed by atoms with E-state index in [1.165, 1.54) is 5.56 Å². The van der Waals surface area contributed by atoms with Crippen LogP contribution in [0.4, 0.5) is 0 Å². The van der Waals surface area contributed by atoms with Crippen molar-refractivity contribution in [1.29, 1.82) is 0 Å². The molecule has 5 heteroatoms. The highest BCUT2D eigenvalue weighted by atomic mass is 16.5. The number of rotatable bonds is 13. The average Bonchev–Trinajstić information content (AvgIpc) is 2.79. The molecule has 0 aliphatic carbocycles. The average molecular weight is 439 g/mol. The van der Waals surface area contributed by atoms with Gasteiger partial charge in [0.2, 0.25) is 11.8 Å². The molecule has 2 amide bonds. The third-order valence-corrected chi connectivity index (χ3v) is 5.38. The summed E-state index contributed by atoms with van der Waals surface area (Å²) in [4.78, 5) is 27.8. The molecular weight excluding hydrogens is 400 g/mol. The van der Waals surface area contributed by atoms with Gasteiger partial charge in [0.15, 0.2) is 0 Å². The summed E-state index contributed by atoms with van der Waals surface area (Å²) in [5.74, 6) is 1.10. The summed E-state index contributed by atoms with van der Waals surface area (Å²) in [6.07, 6.45) is 2.28. The monoisotopic (exact) mass is 438 g/mol. The molecule has 0 radical (unpaired) electrons. The molecule has 0 aromatic heterocycles. The van der Waals surface area contributed by atoms with Crippen molar-refractivity contribution in [1.82, 2.24) is 10.2 Å². The van der Waals surface area contributed by atoms with Crippen LogP contribution in [0, 0.1) is 12.8 Å². The molecule has 32 heavy (non-hydrogen) atoms. The second-order valence-electron chi connectivity index (χ2n) is 8.65. The van der Waals surface area contributed by atoms with E-state index in [0.717, 1.165) is 17.7 Å². The van der Waals surface area contributed by atoms with Gasteiger partial charge in [-0.05, 0) is 49.8 Å². The van der Waals surface area contributed by atoms with Crippen molar-refractivity contribution in [3.8, 4) is 5.75 Å². The standard InChI is InChI=1S/C27H38N2O3/c1-5-25(27(31)28-20-21(2)3)29(18-17-23-10-7-6-8-11-23)26(30)12-9-19-32-24-15-13-22(4)14-16-24/h6-8,10-11,13-16,21,25H,5,9,12,17-20H2,1-4H3,(H,28,31). The van der Waals surface area contributed by atoms with Crippen LogP contribution in [0.1, 0.15) is 51.2 Å². The minimum absolute atomic E-state index is 0.0000146. The van der Waals surface area contributed by atoms with Crippen LogP contribution >= 0.6 is 0 Å². The number of amides is 2. The Labute approximate surface area is 193 Å². The lowest BCUT2D eigenvalue weighted by Gasteiger charge is -2.31. The zero-order valence-electron chi connectivity index (χ0n) is 20.0. The quantitative estimate of drug-likeness (QED) is 0.458. The van der Waals surface area contributed by atoms with Crippen LogP contribution in [0.25, 0.3) is 0 Å².